The van der Waals surface area contributed by atoms with Crippen molar-refractivity contribution >= 4 is 11.7 Å². The number of hydrogen-bond acceptors (Lipinski definition) is 4. The molecule has 1 aromatic rings. The molecule has 0 aromatic heterocycles. The largest absolute Gasteiger partial charge is 0.384 e. The fourth-order valence-electron chi connectivity index (χ4n) is 6.53. The Hall–Kier alpha value is -1.79. The average molecular weight is 487 g/mol. The Morgan fingerprint density at radius 3 is 2.29 bits per heavy atom. The Bertz CT molecular complexity index is 814. The summed E-state index contributed by atoms with van der Waals surface area (Å²) in [6, 6.07) is 6.31. The molecule has 2 saturated carbocycles. The summed E-state index contributed by atoms with van der Waals surface area (Å²) in [6.07, 6.45) is 11.7. The van der Waals surface area contributed by atoms with Crippen LogP contribution < -0.4 is 5.32 Å². The molecular weight excluding hydrogens is 443 g/mol. The van der Waals surface area contributed by atoms with E-state index in [0.717, 1.165) is 70.7 Å². The number of amides is 1. The molecule has 1 amide bonds. The van der Waals surface area contributed by atoms with E-state index in [0.29, 0.717) is 29.9 Å². The fourth-order valence-corrected chi connectivity index (χ4v) is 6.53. The van der Waals surface area contributed by atoms with Crippen molar-refractivity contribution in [1.29, 1.82) is 0 Å². The van der Waals surface area contributed by atoms with Gasteiger partial charge in [0.2, 0.25) is 5.91 Å². The van der Waals surface area contributed by atoms with Crippen LogP contribution in [0.2, 0.25) is 0 Å². The SMILES string of the molecule is COCC1CCC(CC(=O)N[C@H]2CC[C@H](CCN3CCC(C(=O)c4ccc(F)cc4)CC3)CC2)C1. The van der Waals surface area contributed by atoms with Gasteiger partial charge in [-0.3, -0.25) is 9.59 Å². The van der Waals surface area contributed by atoms with E-state index in [9.17, 15) is 14.0 Å². The van der Waals surface area contributed by atoms with Crippen LogP contribution >= 0.6 is 0 Å². The maximum atomic E-state index is 13.1. The number of nitrogens with one attached hydrogen (secondary N) is 1. The minimum atomic E-state index is -0.298. The first-order valence-corrected chi connectivity index (χ1v) is 13.8. The van der Waals surface area contributed by atoms with Gasteiger partial charge in [-0.1, -0.05) is 0 Å². The topological polar surface area (TPSA) is 58.6 Å². The van der Waals surface area contributed by atoms with E-state index < -0.39 is 0 Å². The van der Waals surface area contributed by atoms with Gasteiger partial charge in [-0.25, -0.2) is 4.39 Å². The van der Waals surface area contributed by atoms with Gasteiger partial charge < -0.3 is 15.0 Å². The Labute approximate surface area is 210 Å². The van der Waals surface area contributed by atoms with Crippen molar-refractivity contribution in [2.45, 2.75) is 76.7 Å². The van der Waals surface area contributed by atoms with Crippen molar-refractivity contribution in [3.8, 4) is 0 Å². The second kappa shape index (κ2) is 13.0. The maximum Gasteiger partial charge on any atom is 0.220 e. The number of methoxy groups -OCH3 is 1. The Kier molecular flexibility index (Phi) is 9.73. The van der Waals surface area contributed by atoms with Crippen LogP contribution in [0.1, 0.15) is 81.0 Å². The van der Waals surface area contributed by atoms with Gasteiger partial charge in [0.15, 0.2) is 5.78 Å². The molecule has 4 rings (SSSR count). The third kappa shape index (κ3) is 7.85. The van der Waals surface area contributed by atoms with Crippen LogP contribution in [-0.2, 0) is 9.53 Å². The molecule has 1 aromatic carbocycles. The molecule has 3 aliphatic rings. The number of Topliss-reactive ketones (excluding diaryl/α,β-unsaturated/α-hetero) is 1. The summed E-state index contributed by atoms with van der Waals surface area (Å²) in [4.78, 5) is 27.7. The molecule has 0 spiro atoms. The Morgan fingerprint density at radius 1 is 0.943 bits per heavy atom. The van der Waals surface area contributed by atoms with Crippen molar-refractivity contribution in [2.24, 2.45) is 23.7 Å². The third-order valence-electron chi connectivity index (χ3n) is 8.68. The molecule has 1 N–H and O–H groups in total. The smallest absolute Gasteiger partial charge is 0.220 e. The number of likely N-dealkylation sites (tertiary alicyclic amines) is 1. The summed E-state index contributed by atoms with van der Waals surface area (Å²) in [7, 11) is 1.76. The van der Waals surface area contributed by atoms with Gasteiger partial charge in [-0.05, 0) is 126 Å². The summed E-state index contributed by atoms with van der Waals surface area (Å²) >= 11 is 0. The number of halogens is 1. The van der Waals surface area contributed by atoms with Gasteiger partial charge in [0.25, 0.3) is 0 Å². The van der Waals surface area contributed by atoms with Crippen LogP contribution in [0.3, 0.4) is 0 Å². The molecule has 5 nitrogen and oxygen atoms in total. The number of carbonyl (C=O) groups is 2. The van der Waals surface area contributed by atoms with Crippen molar-refractivity contribution in [3.05, 3.63) is 35.6 Å². The number of nitrogens with zero attached hydrogens (tertiary/aromatic N) is 1. The molecule has 194 valence electrons. The summed E-state index contributed by atoms with van der Waals surface area (Å²) < 4.78 is 18.4. The van der Waals surface area contributed by atoms with Crippen LogP contribution in [0.25, 0.3) is 0 Å². The average Bonchev–Trinajstić information content (AvgIpc) is 3.31. The molecule has 3 fully saturated rings. The van der Waals surface area contributed by atoms with Crippen molar-refractivity contribution in [2.75, 3.05) is 33.4 Å². The van der Waals surface area contributed by atoms with Gasteiger partial charge >= 0.3 is 0 Å². The number of ketones is 1. The van der Waals surface area contributed by atoms with Crippen LogP contribution in [0, 0.1) is 29.5 Å². The molecule has 6 heteroatoms. The molecular formula is C29H43FN2O3. The molecule has 2 atom stereocenters. The molecule has 1 aliphatic heterocycles. The van der Waals surface area contributed by atoms with Gasteiger partial charge in [0, 0.05) is 37.7 Å². The highest BCUT2D eigenvalue weighted by molar-refractivity contribution is 5.97. The van der Waals surface area contributed by atoms with Crippen molar-refractivity contribution < 1.29 is 18.7 Å². The third-order valence-corrected chi connectivity index (χ3v) is 8.68. The Morgan fingerprint density at radius 2 is 1.60 bits per heavy atom. The highest BCUT2D eigenvalue weighted by Crippen LogP contribution is 2.33. The summed E-state index contributed by atoms with van der Waals surface area (Å²) in [6.45, 7) is 3.86. The standard InChI is InChI=1S/C29H43FN2O3/c1-35-20-23-3-2-22(18-23)19-28(33)31-27-10-4-21(5-11-27)12-15-32-16-13-25(14-17-32)29(34)24-6-8-26(30)9-7-24/h6-9,21-23,25,27H,2-5,10-20H2,1H3,(H,31,33)/t21-,22?,23?,27-. The predicted molar refractivity (Wildman–Crippen MR) is 136 cm³/mol. The van der Waals surface area contributed by atoms with E-state index in [-0.39, 0.29) is 23.4 Å². The van der Waals surface area contributed by atoms with Gasteiger partial charge in [-0.2, -0.15) is 0 Å². The number of rotatable bonds is 10. The Balaban J connectivity index is 1.08. The van der Waals surface area contributed by atoms with Crippen molar-refractivity contribution in [3.63, 3.8) is 0 Å². The van der Waals surface area contributed by atoms with Crippen LogP contribution in [-0.4, -0.2) is 56.0 Å². The number of benzene rings is 1. The van der Waals surface area contributed by atoms with Gasteiger partial charge in [-0.15, -0.1) is 0 Å². The second-order valence-electron chi connectivity index (χ2n) is 11.3. The molecule has 1 heterocycles. The van der Waals surface area contributed by atoms with E-state index in [1.807, 2.05) is 0 Å². The lowest BCUT2D eigenvalue weighted by Crippen LogP contribution is -2.39. The van der Waals surface area contributed by atoms with E-state index in [1.54, 1.807) is 19.2 Å². The normalized spacial score (nSPS) is 28.2. The van der Waals surface area contributed by atoms with Crippen molar-refractivity contribution in [1.82, 2.24) is 10.2 Å². The molecule has 35 heavy (non-hydrogen) atoms. The zero-order valence-electron chi connectivity index (χ0n) is 21.4. The number of hydrogen-bond donors (Lipinski definition) is 1. The zero-order valence-corrected chi connectivity index (χ0v) is 21.4. The predicted octanol–water partition coefficient (Wildman–Crippen LogP) is 5.24. The quantitative estimate of drug-likeness (QED) is 0.460. The highest BCUT2D eigenvalue weighted by Gasteiger charge is 2.29. The molecule has 2 unspecified atom stereocenters. The first-order valence-electron chi connectivity index (χ1n) is 13.8. The van der Waals surface area contributed by atoms with E-state index in [1.165, 1.54) is 37.8 Å². The lowest BCUT2D eigenvalue weighted by molar-refractivity contribution is -0.123. The van der Waals surface area contributed by atoms with E-state index in [2.05, 4.69) is 10.2 Å². The van der Waals surface area contributed by atoms with E-state index >= 15 is 0 Å². The molecule has 0 radical (unpaired) electrons. The summed E-state index contributed by atoms with van der Waals surface area (Å²) in [5, 5.41) is 3.32. The maximum absolute atomic E-state index is 13.1. The second-order valence-corrected chi connectivity index (χ2v) is 11.3. The van der Waals surface area contributed by atoms with Gasteiger partial charge in [0.05, 0.1) is 0 Å². The molecule has 1 saturated heterocycles. The van der Waals surface area contributed by atoms with Crippen LogP contribution in [0.15, 0.2) is 24.3 Å². The highest BCUT2D eigenvalue weighted by atomic mass is 19.1. The number of carbonyl (C=O) groups excluding carboxylic acids is 2. The summed E-state index contributed by atoms with van der Waals surface area (Å²) in [5.74, 6) is 2.07. The summed E-state index contributed by atoms with van der Waals surface area (Å²) in [5.41, 5.74) is 0.632. The van der Waals surface area contributed by atoms with Crippen LogP contribution in [0.4, 0.5) is 4.39 Å². The first kappa shape index (κ1) is 26.3. The van der Waals surface area contributed by atoms with Crippen LogP contribution in [0.5, 0.6) is 0 Å². The number of piperidine rings is 1. The molecule has 0 bridgehead atoms. The van der Waals surface area contributed by atoms with Gasteiger partial charge in [0.1, 0.15) is 5.82 Å². The minimum absolute atomic E-state index is 0.0610. The fraction of sp³-hybridized carbons (Fsp3) is 0.724. The minimum Gasteiger partial charge on any atom is -0.384 e. The lowest BCUT2D eigenvalue weighted by Gasteiger charge is -2.34. The molecule has 2 aliphatic carbocycles. The van der Waals surface area contributed by atoms with E-state index in [4.69, 9.17) is 4.74 Å². The monoisotopic (exact) mass is 486 g/mol. The number of ether oxygens (including phenoxy) is 1. The zero-order chi connectivity index (χ0) is 24.6. The lowest BCUT2D eigenvalue weighted by atomic mass is 9.83. The first-order chi connectivity index (χ1) is 17.0.